The van der Waals surface area contributed by atoms with Crippen molar-refractivity contribution >= 4 is 49.5 Å². The number of carbonyl (C=O) groups excluding carboxylic acids is 2. The van der Waals surface area contributed by atoms with Crippen molar-refractivity contribution in [1.29, 1.82) is 0 Å². The van der Waals surface area contributed by atoms with E-state index in [1.165, 1.54) is 29.6 Å². The molecule has 2 amide bonds. The van der Waals surface area contributed by atoms with Gasteiger partial charge in [0.1, 0.15) is 5.00 Å². The quantitative estimate of drug-likeness (QED) is 0.689. The first-order valence-corrected chi connectivity index (χ1v) is 11.2. The molecule has 3 N–H and O–H groups in total. The zero-order valence-corrected chi connectivity index (χ0v) is 17.2. The van der Waals surface area contributed by atoms with Crippen molar-refractivity contribution in [2.45, 2.75) is 27.3 Å². The summed E-state index contributed by atoms with van der Waals surface area (Å²) in [6.07, 6.45) is 0. The zero-order valence-electron chi connectivity index (χ0n) is 14.7. The Morgan fingerprint density at radius 1 is 1.31 bits per heavy atom. The second kappa shape index (κ2) is 8.30. The van der Waals surface area contributed by atoms with Crippen LogP contribution < -0.4 is 11.1 Å². The van der Waals surface area contributed by atoms with Crippen molar-refractivity contribution in [2.75, 3.05) is 17.6 Å². The molecule has 0 radical (unpaired) electrons. The van der Waals surface area contributed by atoms with Gasteiger partial charge in [-0.1, -0.05) is 6.07 Å². The Labute approximate surface area is 160 Å². The maximum atomic E-state index is 12.5. The number of aryl methyl sites for hydroxylation is 1. The molecule has 0 saturated heterocycles. The van der Waals surface area contributed by atoms with E-state index in [0.717, 1.165) is 19.6 Å². The topological polar surface area (TPSA) is 110 Å². The van der Waals surface area contributed by atoms with Crippen LogP contribution in [0.1, 0.15) is 32.6 Å². The predicted molar refractivity (Wildman–Crippen MR) is 105 cm³/mol. The molecule has 2 heterocycles. The molecule has 0 aliphatic heterocycles. The van der Waals surface area contributed by atoms with Crippen LogP contribution in [0.15, 0.2) is 17.5 Å². The van der Waals surface area contributed by atoms with Crippen molar-refractivity contribution in [3.63, 3.8) is 0 Å². The highest BCUT2D eigenvalue weighted by Crippen LogP contribution is 2.32. The van der Waals surface area contributed by atoms with Crippen molar-refractivity contribution in [3.05, 3.63) is 38.4 Å². The molecule has 0 aromatic carbocycles. The Kier molecular flexibility index (Phi) is 6.56. The van der Waals surface area contributed by atoms with Gasteiger partial charge in [0.25, 0.3) is 5.91 Å². The summed E-state index contributed by atoms with van der Waals surface area (Å²) in [7, 11) is -3.56. The van der Waals surface area contributed by atoms with E-state index < -0.39 is 21.8 Å². The molecule has 2 rings (SSSR count). The average molecular weight is 416 g/mol. The third-order valence-electron chi connectivity index (χ3n) is 3.88. The lowest BCUT2D eigenvalue weighted by atomic mass is 10.1. The fourth-order valence-corrected chi connectivity index (χ4v) is 5.25. The third kappa shape index (κ3) is 4.70. The van der Waals surface area contributed by atoms with Crippen molar-refractivity contribution in [3.8, 4) is 0 Å². The number of thiophene rings is 2. The summed E-state index contributed by atoms with van der Waals surface area (Å²) >= 11 is 2.67. The zero-order chi connectivity index (χ0) is 19.5. The molecule has 2 aromatic rings. The molecule has 0 unspecified atom stereocenters. The summed E-state index contributed by atoms with van der Waals surface area (Å²) in [4.78, 5) is 25.8. The van der Waals surface area contributed by atoms with Crippen LogP contribution in [0.4, 0.5) is 5.00 Å². The molecule has 0 atom stereocenters. The number of rotatable bonds is 8. The van der Waals surface area contributed by atoms with Gasteiger partial charge < -0.3 is 11.1 Å². The van der Waals surface area contributed by atoms with Crippen LogP contribution in [0, 0.1) is 13.8 Å². The first-order chi connectivity index (χ1) is 12.2. The molecule has 0 fully saturated rings. The molecule has 7 nitrogen and oxygen atoms in total. The monoisotopic (exact) mass is 415 g/mol. The van der Waals surface area contributed by atoms with Crippen LogP contribution in [0.25, 0.3) is 0 Å². The summed E-state index contributed by atoms with van der Waals surface area (Å²) in [5, 5.41) is 4.84. The molecule has 0 bridgehead atoms. The van der Waals surface area contributed by atoms with E-state index in [9.17, 15) is 18.0 Å². The van der Waals surface area contributed by atoms with E-state index in [1.54, 1.807) is 6.92 Å². The number of sulfonamides is 1. The fourth-order valence-electron chi connectivity index (χ4n) is 2.35. The van der Waals surface area contributed by atoms with E-state index in [1.807, 2.05) is 24.4 Å². The number of primary amides is 1. The lowest BCUT2D eigenvalue weighted by Crippen LogP contribution is -2.38. The molecule has 0 saturated carbocycles. The number of nitrogens with one attached hydrogen (secondary N) is 1. The van der Waals surface area contributed by atoms with Gasteiger partial charge in [-0.3, -0.25) is 9.59 Å². The lowest BCUT2D eigenvalue weighted by molar-refractivity contribution is -0.116. The highest BCUT2D eigenvalue weighted by molar-refractivity contribution is 7.89. The summed E-state index contributed by atoms with van der Waals surface area (Å²) in [6.45, 7) is 4.92. The molecule has 10 heteroatoms. The summed E-state index contributed by atoms with van der Waals surface area (Å²) in [5.74, 6) is -1.24. The number of nitrogens with two attached hydrogens (primary N) is 1. The Hall–Kier alpha value is -1.75. The van der Waals surface area contributed by atoms with Crippen LogP contribution >= 0.6 is 22.7 Å². The van der Waals surface area contributed by atoms with E-state index in [-0.39, 0.29) is 24.4 Å². The maximum absolute atomic E-state index is 12.5. The number of hydrogen-bond donors (Lipinski definition) is 2. The van der Waals surface area contributed by atoms with Crippen LogP contribution in [0.3, 0.4) is 0 Å². The van der Waals surface area contributed by atoms with Crippen LogP contribution in [0.2, 0.25) is 0 Å². The number of anilines is 1. The van der Waals surface area contributed by atoms with Gasteiger partial charge in [0, 0.05) is 16.3 Å². The van der Waals surface area contributed by atoms with Gasteiger partial charge in [-0.05, 0) is 37.8 Å². The number of amides is 2. The summed E-state index contributed by atoms with van der Waals surface area (Å²) in [6, 6.07) is 3.64. The molecular formula is C16H21N3O4S3. The van der Waals surface area contributed by atoms with Gasteiger partial charge in [0.15, 0.2) is 0 Å². The smallest absolute Gasteiger partial charge is 0.251 e. The second-order valence-electron chi connectivity index (χ2n) is 5.65. The average Bonchev–Trinajstić information content (AvgIpc) is 3.15. The Morgan fingerprint density at radius 2 is 2.00 bits per heavy atom. The van der Waals surface area contributed by atoms with E-state index in [2.05, 4.69) is 5.32 Å². The van der Waals surface area contributed by atoms with Crippen molar-refractivity contribution in [2.24, 2.45) is 5.73 Å². The van der Waals surface area contributed by atoms with Gasteiger partial charge in [-0.15, -0.1) is 22.7 Å². The fraction of sp³-hybridized carbons (Fsp3) is 0.375. The second-order valence-corrected chi connectivity index (χ2v) is 10.2. The minimum Gasteiger partial charge on any atom is -0.365 e. The minimum absolute atomic E-state index is 0.102. The highest BCUT2D eigenvalue weighted by atomic mass is 32.2. The largest absolute Gasteiger partial charge is 0.365 e. The highest BCUT2D eigenvalue weighted by Gasteiger charge is 2.25. The Morgan fingerprint density at radius 3 is 2.54 bits per heavy atom. The van der Waals surface area contributed by atoms with Gasteiger partial charge in [-0.25, -0.2) is 8.42 Å². The van der Waals surface area contributed by atoms with Gasteiger partial charge in [-0.2, -0.15) is 4.31 Å². The number of hydrogen-bond acceptors (Lipinski definition) is 6. The molecule has 0 spiro atoms. The number of nitrogens with zero attached hydrogens (tertiary/aromatic N) is 1. The molecule has 0 aliphatic carbocycles. The van der Waals surface area contributed by atoms with Gasteiger partial charge in [0.05, 0.1) is 17.9 Å². The van der Waals surface area contributed by atoms with Crippen LogP contribution in [0.5, 0.6) is 0 Å². The molecule has 0 aliphatic rings. The standard InChI is InChI=1S/C16H21N3O4S3/c1-4-26(22,23)19(8-12-6-5-7-24-12)9-13(20)18-16-14(15(17)21)10(2)11(3)25-16/h5-7H,4,8-9H2,1-3H3,(H2,17,21)(H,18,20). The van der Waals surface area contributed by atoms with E-state index in [0.29, 0.717) is 5.00 Å². The van der Waals surface area contributed by atoms with E-state index >= 15 is 0 Å². The number of carbonyl (C=O) groups is 2. The predicted octanol–water partition coefficient (Wildman–Crippen LogP) is 2.32. The molecule has 26 heavy (non-hydrogen) atoms. The first kappa shape index (κ1) is 20.6. The van der Waals surface area contributed by atoms with Crippen molar-refractivity contribution in [1.82, 2.24) is 4.31 Å². The lowest BCUT2D eigenvalue weighted by Gasteiger charge is -2.20. The van der Waals surface area contributed by atoms with Crippen LogP contribution in [-0.2, 0) is 21.4 Å². The van der Waals surface area contributed by atoms with Crippen molar-refractivity contribution < 1.29 is 18.0 Å². The first-order valence-electron chi connectivity index (χ1n) is 7.85. The van der Waals surface area contributed by atoms with Gasteiger partial charge in [0.2, 0.25) is 15.9 Å². The Bertz CT molecular complexity index is 902. The van der Waals surface area contributed by atoms with E-state index in [4.69, 9.17) is 5.73 Å². The molecular weight excluding hydrogens is 394 g/mol. The SMILES string of the molecule is CCS(=O)(=O)N(CC(=O)Nc1sc(C)c(C)c1C(N)=O)Cc1cccs1. The molecule has 142 valence electrons. The Balaban J connectivity index is 2.20. The summed E-state index contributed by atoms with van der Waals surface area (Å²) in [5.41, 5.74) is 6.38. The van der Waals surface area contributed by atoms with Gasteiger partial charge >= 0.3 is 0 Å². The minimum atomic E-state index is -3.56. The molecule has 2 aromatic heterocycles. The third-order valence-corrected chi connectivity index (χ3v) is 7.63. The van der Waals surface area contributed by atoms with Crippen LogP contribution in [-0.4, -0.2) is 36.8 Å². The summed E-state index contributed by atoms with van der Waals surface area (Å²) < 4.78 is 25.8. The normalized spacial score (nSPS) is 11.7. The maximum Gasteiger partial charge on any atom is 0.251 e.